The second-order valence-corrected chi connectivity index (χ2v) is 8.46. The molecule has 0 atom stereocenters. The number of aryl methyl sites for hydroxylation is 1. The van der Waals surface area contributed by atoms with Crippen molar-refractivity contribution >= 4 is 34.5 Å². The Labute approximate surface area is 143 Å². The fourth-order valence-corrected chi connectivity index (χ4v) is 2.12. The predicted molar refractivity (Wildman–Crippen MR) is 97.7 cm³/mol. The van der Waals surface area contributed by atoms with Crippen LogP contribution in [0.1, 0.15) is 68.8 Å². The van der Waals surface area contributed by atoms with E-state index in [2.05, 4.69) is 25.8 Å². The number of aromatic nitrogens is 1. The molecule has 1 rings (SSSR count). The molecule has 1 aromatic rings. The molecule has 0 saturated heterocycles. The molecule has 0 amide bonds. The van der Waals surface area contributed by atoms with Crippen LogP contribution >= 0.6 is 23.6 Å². The fraction of sp³-hybridized carbons (Fsp3) is 0.688. The number of nitrogens with two attached hydrogens (primary N) is 1. The van der Waals surface area contributed by atoms with E-state index in [1.54, 1.807) is 6.92 Å². The van der Waals surface area contributed by atoms with Crippen molar-refractivity contribution < 1.29 is 9.53 Å². The van der Waals surface area contributed by atoms with Gasteiger partial charge in [0.05, 0.1) is 22.3 Å². The van der Waals surface area contributed by atoms with Gasteiger partial charge in [0, 0.05) is 10.8 Å². The molecule has 126 valence electrons. The maximum atomic E-state index is 11.6. The summed E-state index contributed by atoms with van der Waals surface area (Å²) in [4.78, 5) is 17.2. The van der Waals surface area contributed by atoms with Crippen LogP contribution in [0.15, 0.2) is 0 Å². The highest BCUT2D eigenvalue weighted by Gasteiger charge is 2.23. The molecule has 0 aliphatic heterocycles. The third kappa shape index (κ3) is 6.83. The number of hydrogen-bond donors (Lipinski definition) is 1. The maximum absolute atomic E-state index is 11.6. The molecule has 0 spiro atoms. The van der Waals surface area contributed by atoms with Gasteiger partial charge in [0.15, 0.2) is 0 Å². The summed E-state index contributed by atoms with van der Waals surface area (Å²) in [5.74, 6) is -0.261. The van der Waals surface area contributed by atoms with E-state index in [0.717, 1.165) is 10.7 Å². The Morgan fingerprint density at radius 1 is 1.27 bits per heavy atom. The summed E-state index contributed by atoms with van der Waals surface area (Å²) in [6.45, 7) is 16.3. The Hall–Kier alpha value is -1.01. The van der Waals surface area contributed by atoms with Gasteiger partial charge in [0.2, 0.25) is 0 Å². The number of thiazole rings is 1. The lowest BCUT2D eigenvalue weighted by Crippen LogP contribution is -2.25. The van der Waals surface area contributed by atoms with Gasteiger partial charge >= 0.3 is 5.97 Å². The molecule has 4 nitrogen and oxygen atoms in total. The van der Waals surface area contributed by atoms with Gasteiger partial charge in [-0.25, -0.2) is 9.78 Å². The number of hydrogen-bond acceptors (Lipinski definition) is 5. The number of carbonyl (C=O) groups is 1. The zero-order valence-corrected chi connectivity index (χ0v) is 16.5. The van der Waals surface area contributed by atoms with Gasteiger partial charge in [0.25, 0.3) is 0 Å². The minimum absolute atomic E-state index is 0.00926. The van der Waals surface area contributed by atoms with Crippen molar-refractivity contribution in [3.63, 3.8) is 0 Å². The Morgan fingerprint density at radius 2 is 1.73 bits per heavy atom. The van der Waals surface area contributed by atoms with E-state index in [1.807, 2.05) is 27.7 Å². The van der Waals surface area contributed by atoms with Gasteiger partial charge in [-0.2, -0.15) is 0 Å². The van der Waals surface area contributed by atoms with Crippen molar-refractivity contribution in [1.29, 1.82) is 0 Å². The van der Waals surface area contributed by atoms with Crippen LogP contribution in [-0.2, 0) is 10.2 Å². The summed E-state index contributed by atoms with van der Waals surface area (Å²) < 4.78 is 4.97. The topological polar surface area (TPSA) is 65.2 Å². The zero-order chi connectivity index (χ0) is 17.7. The van der Waals surface area contributed by atoms with E-state index in [4.69, 9.17) is 22.7 Å². The Morgan fingerprint density at radius 3 is 2.00 bits per heavy atom. The van der Waals surface area contributed by atoms with E-state index in [0.29, 0.717) is 16.5 Å². The van der Waals surface area contributed by atoms with Gasteiger partial charge in [-0.15, -0.1) is 11.3 Å². The first-order chi connectivity index (χ1) is 9.80. The Kier molecular flexibility index (Phi) is 7.65. The van der Waals surface area contributed by atoms with Crippen molar-refractivity contribution in [3.8, 4) is 0 Å². The van der Waals surface area contributed by atoms with Crippen LogP contribution in [0, 0.1) is 12.3 Å². The summed E-state index contributed by atoms with van der Waals surface area (Å²) in [7, 11) is 0. The highest BCUT2D eigenvalue weighted by Crippen LogP contribution is 2.29. The molecule has 6 heteroatoms. The average molecular weight is 345 g/mol. The van der Waals surface area contributed by atoms with Crippen molar-refractivity contribution in [3.05, 3.63) is 15.6 Å². The first-order valence-corrected chi connectivity index (χ1v) is 8.48. The van der Waals surface area contributed by atoms with E-state index in [1.165, 1.54) is 11.3 Å². The van der Waals surface area contributed by atoms with E-state index in [-0.39, 0.29) is 16.8 Å². The lowest BCUT2D eigenvalue weighted by atomic mass is 9.97. The lowest BCUT2D eigenvalue weighted by Gasteiger charge is -2.14. The van der Waals surface area contributed by atoms with Gasteiger partial charge in [-0.05, 0) is 13.8 Å². The molecule has 0 bridgehead atoms. The summed E-state index contributed by atoms with van der Waals surface area (Å²) in [5, 5.41) is 0.975. The van der Waals surface area contributed by atoms with Gasteiger partial charge in [-0.3, -0.25) is 0 Å². The second-order valence-electron chi connectivity index (χ2n) is 7.02. The molecule has 0 aromatic carbocycles. The van der Waals surface area contributed by atoms with Crippen LogP contribution in [0.25, 0.3) is 0 Å². The number of carbonyl (C=O) groups excluding carboxylic acids is 1. The first-order valence-electron chi connectivity index (χ1n) is 7.25. The standard InChI is InChI=1S/C11H17NO2S.C5H11NS/c1-6-14-9(13)8-7(2)12-10(15-8)11(3,4)5;1-5(2,3)4(6)7/h6H2,1-5H3;1-3H3,(H2,6,7). The highest BCUT2D eigenvalue weighted by molar-refractivity contribution is 7.80. The van der Waals surface area contributed by atoms with Crippen LogP contribution in [0.5, 0.6) is 0 Å². The smallest absolute Gasteiger partial charge is 0.350 e. The third-order valence-electron chi connectivity index (χ3n) is 2.64. The van der Waals surface area contributed by atoms with E-state index in [9.17, 15) is 4.79 Å². The molecule has 0 radical (unpaired) electrons. The van der Waals surface area contributed by atoms with Crippen LogP contribution in [-0.4, -0.2) is 22.5 Å². The number of ether oxygens (including phenoxy) is 1. The van der Waals surface area contributed by atoms with Crippen LogP contribution in [0.3, 0.4) is 0 Å². The SMILES string of the molecule is CC(C)(C)C(N)=S.CCOC(=O)c1sc(C(C)(C)C)nc1C. The van der Waals surface area contributed by atoms with Gasteiger partial charge in [0.1, 0.15) is 4.88 Å². The van der Waals surface area contributed by atoms with E-state index >= 15 is 0 Å². The summed E-state index contributed by atoms with van der Waals surface area (Å²) >= 11 is 6.14. The Balaban J connectivity index is 0.000000534. The average Bonchev–Trinajstić information content (AvgIpc) is 2.71. The molecule has 0 fully saturated rings. The predicted octanol–water partition coefficient (Wildman–Crippen LogP) is 4.24. The van der Waals surface area contributed by atoms with Gasteiger partial charge in [-0.1, -0.05) is 53.8 Å². The maximum Gasteiger partial charge on any atom is 0.350 e. The molecule has 2 N–H and O–H groups in total. The highest BCUT2D eigenvalue weighted by atomic mass is 32.1. The second kappa shape index (κ2) is 8.02. The number of thiocarbonyl (C=S) groups is 1. The quantitative estimate of drug-likeness (QED) is 0.642. The monoisotopic (exact) mass is 344 g/mol. The molecular weight excluding hydrogens is 316 g/mol. The van der Waals surface area contributed by atoms with Crippen LogP contribution in [0.4, 0.5) is 0 Å². The molecular formula is C16H28N2O2S2. The lowest BCUT2D eigenvalue weighted by molar-refractivity contribution is 0.0531. The van der Waals surface area contributed by atoms with Crippen LogP contribution in [0.2, 0.25) is 0 Å². The normalized spacial score (nSPS) is 11.5. The number of rotatable bonds is 2. The van der Waals surface area contributed by atoms with Crippen molar-refractivity contribution in [2.75, 3.05) is 6.61 Å². The molecule has 1 aromatic heterocycles. The molecule has 22 heavy (non-hydrogen) atoms. The molecule has 0 unspecified atom stereocenters. The van der Waals surface area contributed by atoms with Crippen molar-refractivity contribution in [2.24, 2.45) is 11.1 Å². The molecule has 0 aliphatic carbocycles. The number of nitrogens with zero attached hydrogens (tertiary/aromatic N) is 1. The van der Waals surface area contributed by atoms with Crippen molar-refractivity contribution in [1.82, 2.24) is 4.98 Å². The van der Waals surface area contributed by atoms with Gasteiger partial charge < -0.3 is 10.5 Å². The zero-order valence-electron chi connectivity index (χ0n) is 14.9. The molecule has 0 aliphatic rings. The third-order valence-corrected chi connectivity index (χ3v) is 4.81. The molecule has 0 saturated carbocycles. The summed E-state index contributed by atoms with van der Waals surface area (Å²) in [6.07, 6.45) is 0. The first kappa shape index (κ1) is 21.0. The minimum atomic E-state index is -0.261. The largest absolute Gasteiger partial charge is 0.462 e. The minimum Gasteiger partial charge on any atom is -0.462 e. The Bertz CT molecular complexity index is 523. The fourth-order valence-electron chi connectivity index (χ4n) is 1.10. The van der Waals surface area contributed by atoms with Crippen molar-refractivity contribution in [2.45, 2.75) is 60.8 Å². The number of esters is 1. The summed E-state index contributed by atoms with van der Waals surface area (Å²) in [5.41, 5.74) is 6.06. The summed E-state index contributed by atoms with van der Waals surface area (Å²) in [6, 6.07) is 0. The van der Waals surface area contributed by atoms with Crippen LogP contribution < -0.4 is 5.73 Å². The molecule has 1 heterocycles. The van der Waals surface area contributed by atoms with E-state index < -0.39 is 0 Å².